The Labute approximate surface area is 114 Å². The van der Waals surface area contributed by atoms with Crippen LogP contribution in [0.15, 0.2) is 24.3 Å². The highest BCUT2D eigenvalue weighted by atomic mass is 15.1. The van der Waals surface area contributed by atoms with Gasteiger partial charge in [0, 0.05) is 12.5 Å². The van der Waals surface area contributed by atoms with E-state index in [4.69, 9.17) is 4.98 Å². The van der Waals surface area contributed by atoms with Gasteiger partial charge in [0.1, 0.15) is 5.82 Å². The molecular formula is C16H21N3. The number of nitrogens with zero attached hydrogens (tertiary/aromatic N) is 2. The summed E-state index contributed by atoms with van der Waals surface area (Å²) in [5.41, 5.74) is 2.52. The van der Waals surface area contributed by atoms with Crippen LogP contribution < -0.4 is 5.32 Å². The molecular weight excluding hydrogens is 234 g/mol. The van der Waals surface area contributed by atoms with E-state index in [2.05, 4.69) is 34.1 Å². The number of nitrogens with one attached hydrogen (secondary N) is 1. The lowest BCUT2D eigenvalue weighted by Gasteiger charge is -2.24. The van der Waals surface area contributed by atoms with E-state index in [0.717, 1.165) is 18.4 Å². The topological polar surface area (TPSA) is 29.9 Å². The Kier molecular flexibility index (Phi) is 2.80. The van der Waals surface area contributed by atoms with Gasteiger partial charge in [-0.3, -0.25) is 0 Å². The Morgan fingerprint density at radius 1 is 1.11 bits per heavy atom. The molecule has 1 N–H and O–H groups in total. The van der Waals surface area contributed by atoms with Gasteiger partial charge >= 0.3 is 0 Å². The minimum atomic E-state index is 0.731. The third kappa shape index (κ3) is 2.16. The van der Waals surface area contributed by atoms with Crippen LogP contribution in [0.5, 0.6) is 0 Å². The number of rotatable bonds is 3. The van der Waals surface area contributed by atoms with Gasteiger partial charge in [0.05, 0.1) is 11.0 Å². The first-order chi connectivity index (χ1) is 9.42. The van der Waals surface area contributed by atoms with Crippen molar-refractivity contribution in [2.45, 2.75) is 38.1 Å². The highest BCUT2D eigenvalue weighted by molar-refractivity contribution is 5.76. The van der Waals surface area contributed by atoms with Crippen molar-refractivity contribution >= 4 is 11.0 Å². The van der Waals surface area contributed by atoms with Crippen LogP contribution >= 0.6 is 0 Å². The van der Waals surface area contributed by atoms with Crippen molar-refractivity contribution in [3.63, 3.8) is 0 Å². The molecule has 0 atom stereocenters. The summed E-state index contributed by atoms with van der Waals surface area (Å²) in [5, 5.41) is 3.46. The quantitative estimate of drug-likeness (QED) is 0.914. The predicted octanol–water partition coefficient (Wildman–Crippen LogP) is 2.91. The first-order valence-corrected chi connectivity index (χ1v) is 7.58. The first-order valence-electron chi connectivity index (χ1n) is 7.58. The molecule has 1 saturated carbocycles. The first kappa shape index (κ1) is 11.5. The van der Waals surface area contributed by atoms with E-state index in [0.29, 0.717) is 0 Å². The van der Waals surface area contributed by atoms with Crippen molar-refractivity contribution in [3.05, 3.63) is 30.1 Å². The second-order valence-corrected chi connectivity index (χ2v) is 6.04. The van der Waals surface area contributed by atoms with Crippen molar-refractivity contribution in [3.8, 4) is 0 Å². The summed E-state index contributed by atoms with van der Waals surface area (Å²) in [6, 6.07) is 8.62. The minimum Gasteiger partial charge on any atom is -0.327 e. The number of fused-ring (bicyclic) bond motifs is 1. The summed E-state index contributed by atoms with van der Waals surface area (Å²) in [6.45, 7) is 3.51. The molecule has 100 valence electrons. The Morgan fingerprint density at radius 3 is 2.68 bits per heavy atom. The second kappa shape index (κ2) is 4.64. The molecule has 2 heterocycles. The van der Waals surface area contributed by atoms with Crippen molar-refractivity contribution in [2.75, 3.05) is 13.1 Å². The largest absolute Gasteiger partial charge is 0.327 e. The summed E-state index contributed by atoms with van der Waals surface area (Å²) in [5.74, 6) is 2.89. The molecule has 1 aliphatic heterocycles. The summed E-state index contributed by atoms with van der Waals surface area (Å²) in [7, 11) is 0. The van der Waals surface area contributed by atoms with Crippen molar-refractivity contribution in [1.82, 2.24) is 14.9 Å². The molecule has 1 aromatic heterocycles. The summed E-state index contributed by atoms with van der Waals surface area (Å²) >= 11 is 0. The van der Waals surface area contributed by atoms with Gasteiger partial charge in [-0.15, -0.1) is 0 Å². The minimum absolute atomic E-state index is 0.731. The van der Waals surface area contributed by atoms with Gasteiger partial charge in [-0.2, -0.15) is 0 Å². The Hall–Kier alpha value is -1.35. The third-order valence-electron chi connectivity index (χ3n) is 4.53. The standard InChI is InChI=1S/C16H21N3/c1-2-4-15-14(3-1)18-16(13-5-6-13)19(15)11-12-7-9-17-10-8-12/h1-4,12-13,17H,5-11H2. The molecule has 2 aromatic rings. The van der Waals surface area contributed by atoms with Crippen molar-refractivity contribution < 1.29 is 0 Å². The molecule has 0 bridgehead atoms. The van der Waals surface area contributed by atoms with Gasteiger partial charge in [0.25, 0.3) is 0 Å². The Bertz CT molecular complexity index is 577. The molecule has 0 unspecified atom stereocenters. The van der Waals surface area contributed by atoms with Crippen LogP contribution in [0.4, 0.5) is 0 Å². The number of hydrogen-bond donors (Lipinski definition) is 1. The van der Waals surface area contributed by atoms with Gasteiger partial charge in [-0.1, -0.05) is 12.1 Å². The maximum atomic E-state index is 4.89. The zero-order chi connectivity index (χ0) is 12.7. The van der Waals surface area contributed by atoms with Crippen molar-refractivity contribution in [2.24, 2.45) is 5.92 Å². The average molecular weight is 255 g/mol. The van der Waals surface area contributed by atoms with Gasteiger partial charge in [0.15, 0.2) is 0 Å². The van der Waals surface area contributed by atoms with E-state index < -0.39 is 0 Å². The predicted molar refractivity (Wildman–Crippen MR) is 77.3 cm³/mol. The molecule has 3 heteroatoms. The Balaban J connectivity index is 1.71. The monoisotopic (exact) mass is 255 g/mol. The average Bonchev–Trinajstić information content (AvgIpc) is 3.24. The van der Waals surface area contributed by atoms with Crippen LogP contribution in [-0.4, -0.2) is 22.6 Å². The second-order valence-electron chi connectivity index (χ2n) is 6.04. The molecule has 3 nitrogen and oxygen atoms in total. The molecule has 0 spiro atoms. The van der Waals surface area contributed by atoms with Gasteiger partial charge in [-0.25, -0.2) is 4.98 Å². The smallest absolute Gasteiger partial charge is 0.112 e. The lowest BCUT2D eigenvalue weighted by Crippen LogP contribution is -2.30. The van der Waals surface area contributed by atoms with Crippen molar-refractivity contribution in [1.29, 1.82) is 0 Å². The molecule has 0 amide bonds. The Morgan fingerprint density at radius 2 is 1.89 bits per heavy atom. The number of benzene rings is 1. The fourth-order valence-corrected chi connectivity index (χ4v) is 3.26. The fourth-order valence-electron chi connectivity index (χ4n) is 3.26. The SMILES string of the molecule is c1ccc2c(c1)nc(C1CC1)n2CC1CCNCC1. The van der Waals surface area contributed by atoms with Crippen LogP contribution in [-0.2, 0) is 6.54 Å². The number of piperidine rings is 1. The number of hydrogen-bond acceptors (Lipinski definition) is 2. The molecule has 2 aliphatic rings. The van der Waals surface area contributed by atoms with E-state index >= 15 is 0 Å². The van der Waals surface area contributed by atoms with E-state index in [9.17, 15) is 0 Å². The van der Waals surface area contributed by atoms with Crippen LogP contribution in [0.2, 0.25) is 0 Å². The summed E-state index contributed by atoms with van der Waals surface area (Å²) in [4.78, 5) is 4.89. The van der Waals surface area contributed by atoms with Gasteiger partial charge in [0.2, 0.25) is 0 Å². The molecule has 1 aromatic carbocycles. The zero-order valence-electron chi connectivity index (χ0n) is 11.3. The van der Waals surface area contributed by atoms with Gasteiger partial charge < -0.3 is 9.88 Å². The molecule has 2 fully saturated rings. The van der Waals surface area contributed by atoms with Crippen LogP contribution in [0.25, 0.3) is 11.0 Å². The highest BCUT2D eigenvalue weighted by Crippen LogP contribution is 2.41. The molecule has 4 rings (SSSR count). The molecule has 1 aliphatic carbocycles. The third-order valence-corrected chi connectivity index (χ3v) is 4.53. The van der Waals surface area contributed by atoms with E-state index in [1.165, 1.54) is 55.6 Å². The molecule has 0 radical (unpaired) electrons. The zero-order valence-corrected chi connectivity index (χ0v) is 11.3. The van der Waals surface area contributed by atoms with Crippen LogP contribution in [0.1, 0.15) is 37.4 Å². The maximum Gasteiger partial charge on any atom is 0.112 e. The summed E-state index contributed by atoms with van der Waals surface area (Å²) in [6.07, 6.45) is 5.26. The molecule has 1 saturated heterocycles. The normalized spacial score (nSPS) is 21.1. The fraction of sp³-hybridized carbons (Fsp3) is 0.562. The lowest BCUT2D eigenvalue weighted by molar-refractivity contribution is 0.333. The highest BCUT2D eigenvalue weighted by Gasteiger charge is 2.30. The van der Waals surface area contributed by atoms with Crippen LogP contribution in [0.3, 0.4) is 0 Å². The summed E-state index contributed by atoms with van der Waals surface area (Å²) < 4.78 is 2.52. The molecule has 19 heavy (non-hydrogen) atoms. The number of aromatic nitrogens is 2. The van der Waals surface area contributed by atoms with Gasteiger partial charge in [-0.05, 0) is 56.8 Å². The van der Waals surface area contributed by atoms with E-state index in [-0.39, 0.29) is 0 Å². The van der Waals surface area contributed by atoms with E-state index in [1.54, 1.807) is 0 Å². The van der Waals surface area contributed by atoms with E-state index in [1.807, 2.05) is 0 Å². The number of imidazole rings is 1. The van der Waals surface area contributed by atoms with Crippen LogP contribution in [0, 0.1) is 5.92 Å². The lowest BCUT2D eigenvalue weighted by atomic mass is 9.98. The number of para-hydroxylation sites is 2. The maximum absolute atomic E-state index is 4.89.